The molecule has 0 aliphatic rings. The van der Waals surface area contributed by atoms with Gasteiger partial charge in [0.2, 0.25) is 5.91 Å². The fourth-order valence-corrected chi connectivity index (χ4v) is 2.42. The molecular formula is C16H18N6O3. The van der Waals surface area contributed by atoms with Gasteiger partial charge in [-0.3, -0.25) is 10.1 Å². The summed E-state index contributed by atoms with van der Waals surface area (Å²) < 4.78 is 4.75. The van der Waals surface area contributed by atoms with E-state index in [2.05, 4.69) is 25.8 Å². The van der Waals surface area contributed by atoms with Gasteiger partial charge in [0.25, 0.3) is 0 Å². The van der Waals surface area contributed by atoms with E-state index in [0.717, 1.165) is 16.6 Å². The van der Waals surface area contributed by atoms with Crippen LogP contribution in [-0.2, 0) is 16.1 Å². The minimum atomic E-state index is -0.618. The summed E-state index contributed by atoms with van der Waals surface area (Å²) in [6.45, 7) is 3.83. The molecule has 3 rings (SSSR count). The molecule has 3 N–H and O–H groups in total. The number of fused-ring (bicyclic) bond motifs is 1. The van der Waals surface area contributed by atoms with E-state index in [4.69, 9.17) is 4.74 Å². The molecule has 0 radical (unpaired) electrons. The predicted octanol–water partition coefficient (Wildman–Crippen LogP) is 2.27. The highest BCUT2D eigenvalue weighted by Gasteiger charge is 2.11. The number of ether oxygens (including phenoxy) is 1. The molecule has 2 heterocycles. The Morgan fingerprint density at radius 2 is 2.16 bits per heavy atom. The van der Waals surface area contributed by atoms with Crippen LogP contribution in [-0.4, -0.2) is 38.6 Å². The minimum Gasteiger partial charge on any atom is -0.450 e. The lowest BCUT2D eigenvalue weighted by Gasteiger charge is -2.06. The van der Waals surface area contributed by atoms with E-state index in [9.17, 15) is 9.59 Å². The van der Waals surface area contributed by atoms with Gasteiger partial charge in [0.05, 0.1) is 24.0 Å². The third kappa shape index (κ3) is 3.94. The van der Waals surface area contributed by atoms with E-state index in [1.54, 1.807) is 6.92 Å². The molecule has 25 heavy (non-hydrogen) atoms. The van der Waals surface area contributed by atoms with Crippen LogP contribution < -0.4 is 10.6 Å². The Kier molecular flexibility index (Phi) is 4.64. The summed E-state index contributed by atoms with van der Waals surface area (Å²) in [6.07, 6.45) is 0.729. The summed E-state index contributed by atoms with van der Waals surface area (Å²) in [5.74, 6) is -0.0635. The zero-order valence-corrected chi connectivity index (χ0v) is 13.9. The number of H-pyrrole nitrogens is 1. The molecule has 0 saturated heterocycles. The van der Waals surface area contributed by atoms with Crippen molar-refractivity contribution in [3.8, 4) is 0 Å². The monoisotopic (exact) mass is 342 g/mol. The molecule has 0 bridgehead atoms. The van der Waals surface area contributed by atoms with Gasteiger partial charge in [0, 0.05) is 11.1 Å². The smallest absolute Gasteiger partial charge is 0.412 e. The first-order valence-corrected chi connectivity index (χ1v) is 7.77. The Bertz CT molecular complexity index is 914. The highest BCUT2D eigenvalue weighted by Crippen LogP contribution is 2.23. The van der Waals surface area contributed by atoms with Gasteiger partial charge in [-0.2, -0.15) is 9.90 Å². The Morgan fingerprint density at radius 3 is 2.96 bits per heavy atom. The van der Waals surface area contributed by atoms with Crippen molar-refractivity contribution in [2.75, 3.05) is 17.2 Å². The van der Waals surface area contributed by atoms with Crippen molar-refractivity contribution >= 4 is 34.4 Å². The van der Waals surface area contributed by atoms with Crippen molar-refractivity contribution in [1.82, 2.24) is 20.0 Å². The molecular weight excluding hydrogens is 324 g/mol. The van der Waals surface area contributed by atoms with Crippen LogP contribution in [0.25, 0.3) is 10.9 Å². The molecule has 0 spiro atoms. The normalized spacial score (nSPS) is 10.6. The van der Waals surface area contributed by atoms with Gasteiger partial charge in [0.1, 0.15) is 6.54 Å². The summed E-state index contributed by atoms with van der Waals surface area (Å²) in [5.41, 5.74) is 2.57. The Labute approximate surface area is 143 Å². The van der Waals surface area contributed by atoms with Crippen LogP contribution >= 0.6 is 0 Å². The van der Waals surface area contributed by atoms with Crippen molar-refractivity contribution in [1.29, 1.82) is 0 Å². The van der Waals surface area contributed by atoms with Crippen molar-refractivity contribution in [2.45, 2.75) is 20.4 Å². The third-order valence-corrected chi connectivity index (χ3v) is 3.39. The number of amides is 2. The lowest BCUT2D eigenvalue weighted by Crippen LogP contribution is -2.21. The lowest BCUT2D eigenvalue weighted by molar-refractivity contribution is -0.117. The quantitative estimate of drug-likeness (QED) is 0.658. The standard InChI is InChI=1S/C16H18N6O3/c1-3-25-16(24)20-13-8-17-22(21-13)9-14(23)19-12-6-4-5-11-7-10(2)18-15(11)12/h4-8,18H,3,9H2,1-2H3,(H,19,23)(H,20,21,24). The second-order valence-electron chi connectivity index (χ2n) is 5.38. The number of carbonyl (C=O) groups excluding carboxylic acids is 2. The molecule has 0 aliphatic carbocycles. The number of aryl methyl sites for hydroxylation is 1. The molecule has 130 valence electrons. The fraction of sp³-hybridized carbons (Fsp3) is 0.250. The van der Waals surface area contributed by atoms with Crippen LogP contribution in [0.3, 0.4) is 0 Å². The van der Waals surface area contributed by atoms with Gasteiger partial charge in [-0.15, -0.1) is 5.10 Å². The largest absolute Gasteiger partial charge is 0.450 e. The van der Waals surface area contributed by atoms with Crippen LogP contribution in [0.2, 0.25) is 0 Å². The molecule has 3 aromatic rings. The number of hydrogen-bond donors (Lipinski definition) is 3. The van der Waals surface area contributed by atoms with Crippen LogP contribution in [0.1, 0.15) is 12.6 Å². The maximum Gasteiger partial charge on any atom is 0.412 e. The Hall–Kier alpha value is -3.36. The molecule has 2 aromatic heterocycles. The highest BCUT2D eigenvalue weighted by molar-refractivity contribution is 6.00. The van der Waals surface area contributed by atoms with E-state index >= 15 is 0 Å². The maximum atomic E-state index is 12.2. The fourth-order valence-electron chi connectivity index (χ4n) is 2.42. The first-order valence-electron chi connectivity index (χ1n) is 7.77. The van der Waals surface area contributed by atoms with Crippen LogP contribution in [0.15, 0.2) is 30.5 Å². The minimum absolute atomic E-state index is 0.0828. The summed E-state index contributed by atoms with van der Waals surface area (Å²) in [5, 5.41) is 14.2. The molecule has 0 aliphatic heterocycles. The second-order valence-corrected chi connectivity index (χ2v) is 5.38. The number of carbonyl (C=O) groups is 2. The zero-order chi connectivity index (χ0) is 17.8. The van der Waals surface area contributed by atoms with Crippen molar-refractivity contribution in [2.24, 2.45) is 0 Å². The number of nitrogens with zero attached hydrogens (tertiary/aromatic N) is 3. The van der Waals surface area contributed by atoms with Gasteiger partial charge in [-0.25, -0.2) is 4.79 Å². The SMILES string of the molecule is CCOC(=O)Nc1cnn(CC(=O)Nc2cccc3cc(C)[nH]c23)n1. The Balaban J connectivity index is 1.64. The maximum absolute atomic E-state index is 12.2. The lowest BCUT2D eigenvalue weighted by atomic mass is 10.2. The highest BCUT2D eigenvalue weighted by atomic mass is 16.5. The molecule has 2 amide bonds. The first-order chi connectivity index (χ1) is 12.0. The predicted molar refractivity (Wildman–Crippen MR) is 92.3 cm³/mol. The molecule has 1 aromatic carbocycles. The van der Waals surface area contributed by atoms with Crippen molar-refractivity contribution in [3.05, 3.63) is 36.2 Å². The molecule has 0 fully saturated rings. The van der Waals surface area contributed by atoms with Crippen molar-refractivity contribution < 1.29 is 14.3 Å². The van der Waals surface area contributed by atoms with E-state index in [1.807, 2.05) is 31.2 Å². The van der Waals surface area contributed by atoms with E-state index in [-0.39, 0.29) is 24.9 Å². The summed E-state index contributed by atoms with van der Waals surface area (Å²) in [4.78, 5) is 28.0. The number of aromatic nitrogens is 4. The summed E-state index contributed by atoms with van der Waals surface area (Å²) in [6, 6.07) is 7.67. The number of hydrogen-bond acceptors (Lipinski definition) is 5. The van der Waals surface area contributed by atoms with Crippen LogP contribution in [0.4, 0.5) is 16.3 Å². The number of anilines is 2. The number of benzene rings is 1. The Morgan fingerprint density at radius 1 is 1.32 bits per heavy atom. The van der Waals surface area contributed by atoms with E-state index in [0.29, 0.717) is 5.69 Å². The van der Waals surface area contributed by atoms with E-state index < -0.39 is 6.09 Å². The molecule has 0 saturated carbocycles. The van der Waals surface area contributed by atoms with Crippen LogP contribution in [0, 0.1) is 6.92 Å². The topological polar surface area (TPSA) is 114 Å². The van der Waals surface area contributed by atoms with Crippen molar-refractivity contribution in [3.63, 3.8) is 0 Å². The number of para-hydroxylation sites is 1. The van der Waals surface area contributed by atoms with Gasteiger partial charge in [-0.05, 0) is 26.0 Å². The number of rotatable bonds is 5. The average molecular weight is 342 g/mol. The third-order valence-electron chi connectivity index (χ3n) is 3.39. The average Bonchev–Trinajstić information content (AvgIpc) is 3.13. The van der Waals surface area contributed by atoms with Gasteiger partial charge < -0.3 is 15.0 Å². The van der Waals surface area contributed by atoms with Gasteiger partial charge in [0.15, 0.2) is 5.82 Å². The summed E-state index contributed by atoms with van der Waals surface area (Å²) in [7, 11) is 0. The second kappa shape index (κ2) is 7.04. The first kappa shape index (κ1) is 16.5. The van der Waals surface area contributed by atoms with Crippen LogP contribution in [0.5, 0.6) is 0 Å². The molecule has 9 nitrogen and oxygen atoms in total. The zero-order valence-electron chi connectivity index (χ0n) is 13.9. The number of aromatic amines is 1. The van der Waals surface area contributed by atoms with Gasteiger partial charge >= 0.3 is 6.09 Å². The van der Waals surface area contributed by atoms with Gasteiger partial charge in [-0.1, -0.05) is 12.1 Å². The summed E-state index contributed by atoms with van der Waals surface area (Å²) >= 11 is 0. The molecule has 0 atom stereocenters. The molecule has 9 heteroatoms. The number of nitrogens with one attached hydrogen (secondary N) is 3. The van der Waals surface area contributed by atoms with E-state index in [1.165, 1.54) is 11.0 Å². The molecule has 0 unspecified atom stereocenters.